The van der Waals surface area contributed by atoms with E-state index in [0.29, 0.717) is 55.4 Å². The molecule has 1 amide bonds. The Bertz CT molecular complexity index is 1970. The largest absolute Gasteiger partial charge is 0.494 e. The number of amides is 1. The highest BCUT2D eigenvalue weighted by molar-refractivity contribution is 6.35. The van der Waals surface area contributed by atoms with E-state index in [-0.39, 0.29) is 5.91 Å². The van der Waals surface area contributed by atoms with Gasteiger partial charge in [-0.15, -0.1) is 0 Å². The number of aromatic nitrogens is 3. The summed E-state index contributed by atoms with van der Waals surface area (Å²) < 4.78 is 10.2. The number of aliphatic hydroxyl groups excluding tert-OH is 1. The van der Waals surface area contributed by atoms with Gasteiger partial charge in [-0.25, -0.2) is 0 Å². The van der Waals surface area contributed by atoms with Gasteiger partial charge in [0.2, 0.25) is 0 Å². The van der Waals surface area contributed by atoms with E-state index in [9.17, 15) is 15.0 Å². The molecule has 246 valence electrons. The molecule has 8 nitrogen and oxygen atoms in total. The summed E-state index contributed by atoms with van der Waals surface area (Å²) in [5, 5.41) is 26.5. The van der Waals surface area contributed by atoms with Gasteiger partial charge in [0.25, 0.3) is 5.91 Å². The molecule has 0 saturated heterocycles. The molecule has 6 rings (SSSR count). The zero-order valence-electron chi connectivity index (χ0n) is 27.4. The Morgan fingerprint density at radius 1 is 0.979 bits per heavy atom. The number of ether oxygens (including phenoxy) is 1. The van der Waals surface area contributed by atoms with E-state index in [4.69, 9.17) is 27.9 Å². The van der Waals surface area contributed by atoms with Crippen molar-refractivity contribution in [2.75, 3.05) is 13.2 Å². The average molecular weight is 676 g/mol. The standard InChI is InChI=1S/C37H40Cl2N4O4/c1-21-17-27(18-22(2)33(21)39)47-16-7-11-28-29-12-13-30(38)32(31-23(3)40-41(5)24(31)4)34(29)43-15-8-14-42(36(44)35(28)43)20-25-9-6-10-26(19-25)37(45)46/h6,9-10,12-13,17-19,37,45-46H,7-8,11,14-16,20H2,1-5H3. The number of aliphatic hydroxyl groups is 2. The van der Waals surface area contributed by atoms with Crippen LogP contribution in [0.15, 0.2) is 48.5 Å². The Labute approximate surface area is 285 Å². The highest BCUT2D eigenvalue weighted by atomic mass is 35.5. The number of carbonyl (C=O) groups is 1. The van der Waals surface area contributed by atoms with Crippen LogP contribution in [0.25, 0.3) is 22.0 Å². The van der Waals surface area contributed by atoms with Gasteiger partial charge in [0.15, 0.2) is 6.29 Å². The van der Waals surface area contributed by atoms with Crippen molar-refractivity contribution in [3.63, 3.8) is 0 Å². The van der Waals surface area contributed by atoms with Crippen LogP contribution in [0.4, 0.5) is 0 Å². The van der Waals surface area contributed by atoms with E-state index in [1.54, 1.807) is 18.2 Å². The quantitative estimate of drug-likeness (QED) is 0.124. The fourth-order valence-corrected chi connectivity index (χ4v) is 7.27. The van der Waals surface area contributed by atoms with Gasteiger partial charge in [0.05, 0.1) is 22.8 Å². The van der Waals surface area contributed by atoms with Gasteiger partial charge in [-0.1, -0.05) is 47.5 Å². The molecule has 3 heterocycles. The van der Waals surface area contributed by atoms with Crippen LogP contribution < -0.4 is 4.74 Å². The van der Waals surface area contributed by atoms with Crippen LogP contribution in [0.3, 0.4) is 0 Å². The van der Waals surface area contributed by atoms with E-state index < -0.39 is 6.29 Å². The van der Waals surface area contributed by atoms with Crippen molar-refractivity contribution in [2.24, 2.45) is 7.05 Å². The first-order valence-corrected chi connectivity index (χ1v) is 16.7. The van der Waals surface area contributed by atoms with Crippen molar-refractivity contribution in [2.45, 2.75) is 66.3 Å². The zero-order chi connectivity index (χ0) is 33.6. The van der Waals surface area contributed by atoms with Gasteiger partial charge in [0.1, 0.15) is 11.4 Å². The number of hydrogen-bond donors (Lipinski definition) is 2. The Hall–Kier alpha value is -3.82. The molecule has 0 aliphatic carbocycles. The van der Waals surface area contributed by atoms with Gasteiger partial charge in [-0.3, -0.25) is 9.48 Å². The molecular formula is C37H40Cl2N4O4. The molecule has 1 aliphatic heterocycles. The number of fused-ring (bicyclic) bond motifs is 3. The number of carbonyl (C=O) groups excluding carboxylic acids is 1. The molecule has 47 heavy (non-hydrogen) atoms. The summed E-state index contributed by atoms with van der Waals surface area (Å²) in [6.07, 6.45) is 0.496. The second-order valence-electron chi connectivity index (χ2n) is 12.5. The van der Waals surface area contributed by atoms with E-state index in [1.807, 2.05) is 74.7 Å². The molecule has 2 N–H and O–H groups in total. The number of nitrogens with zero attached hydrogens (tertiary/aromatic N) is 4. The number of halogens is 2. The molecule has 0 radical (unpaired) electrons. The summed E-state index contributed by atoms with van der Waals surface area (Å²) >= 11 is 13.4. The zero-order valence-corrected chi connectivity index (χ0v) is 28.9. The highest BCUT2D eigenvalue weighted by Crippen LogP contribution is 2.43. The van der Waals surface area contributed by atoms with Gasteiger partial charge in [-0.05, 0) is 93.5 Å². The second kappa shape index (κ2) is 13.4. The monoisotopic (exact) mass is 674 g/mol. The summed E-state index contributed by atoms with van der Waals surface area (Å²) in [6.45, 7) is 10.0. The van der Waals surface area contributed by atoms with Crippen molar-refractivity contribution < 1.29 is 19.7 Å². The van der Waals surface area contributed by atoms with Gasteiger partial charge < -0.3 is 24.4 Å². The Morgan fingerprint density at radius 3 is 2.40 bits per heavy atom. The SMILES string of the molecule is Cc1cc(OCCCc2c3n(c4c(-c5c(C)nn(C)c5C)c(Cl)ccc24)CCCN(Cc2cccc(C(O)O)c2)C3=O)cc(C)c1Cl. The average Bonchev–Trinajstić information content (AvgIpc) is 3.41. The first kappa shape index (κ1) is 33.1. The normalized spacial score (nSPS) is 13.5. The molecule has 0 unspecified atom stereocenters. The van der Waals surface area contributed by atoms with Crippen LogP contribution in [-0.2, 0) is 26.6 Å². The van der Waals surface area contributed by atoms with E-state index in [2.05, 4.69) is 9.67 Å². The Balaban J connectivity index is 1.42. The van der Waals surface area contributed by atoms with Crippen LogP contribution in [0.2, 0.25) is 10.0 Å². The van der Waals surface area contributed by atoms with Gasteiger partial charge >= 0.3 is 0 Å². The van der Waals surface area contributed by atoms with E-state index in [1.165, 1.54) is 0 Å². The topological polar surface area (TPSA) is 92.8 Å². The molecule has 0 spiro atoms. The first-order valence-electron chi connectivity index (χ1n) is 15.9. The lowest BCUT2D eigenvalue weighted by molar-refractivity contribution is -0.0425. The number of rotatable bonds is 9. The fourth-order valence-electron chi connectivity index (χ4n) is 6.91. The minimum atomic E-state index is -1.57. The lowest BCUT2D eigenvalue weighted by Crippen LogP contribution is -2.31. The van der Waals surface area contributed by atoms with Crippen LogP contribution in [0.5, 0.6) is 5.75 Å². The van der Waals surface area contributed by atoms with E-state index in [0.717, 1.165) is 72.9 Å². The molecule has 0 saturated carbocycles. The van der Waals surface area contributed by atoms with Gasteiger partial charge in [-0.2, -0.15) is 5.10 Å². The maximum atomic E-state index is 14.6. The first-order chi connectivity index (χ1) is 22.5. The third-order valence-electron chi connectivity index (χ3n) is 9.21. The molecular weight excluding hydrogens is 635 g/mol. The maximum Gasteiger partial charge on any atom is 0.271 e. The third-order valence-corrected chi connectivity index (χ3v) is 10.1. The molecule has 2 aromatic heterocycles. The van der Waals surface area contributed by atoms with Crippen molar-refractivity contribution in [3.8, 4) is 16.9 Å². The highest BCUT2D eigenvalue weighted by Gasteiger charge is 2.32. The second-order valence-corrected chi connectivity index (χ2v) is 13.3. The minimum Gasteiger partial charge on any atom is -0.494 e. The fraction of sp³-hybridized carbons (Fsp3) is 0.351. The molecule has 0 fully saturated rings. The molecule has 0 bridgehead atoms. The van der Waals surface area contributed by atoms with Crippen LogP contribution in [0.1, 0.15) is 68.8 Å². The maximum absolute atomic E-state index is 14.6. The van der Waals surface area contributed by atoms with E-state index >= 15 is 0 Å². The van der Waals surface area contributed by atoms with Crippen molar-refractivity contribution in [1.82, 2.24) is 19.2 Å². The van der Waals surface area contributed by atoms with Crippen molar-refractivity contribution >= 4 is 40.0 Å². The number of aryl methyl sites for hydroxylation is 6. The number of hydrogen-bond acceptors (Lipinski definition) is 5. The van der Waals surface area contributed by atoms with Crippen LogP contribution in [-0.4, -0.2) is 48.5 Å². The number of benzene rings is 3. The van der Waals surface area contributed by atoms with Crippen molar-refractivity contribution in [1.29, 1.82) is 0 Å². The Morgan fingerprint density at radius 2 is 1.72 bits per heavy atom. The summed E-state index contributed by atoms with van der Waals surface area (Å²) in [7, 11) is 1.93. The van der Waals surface area contributed by atoms with Crippen LogP contribution in [0, 0.1) is 27.7 Å². The molecule has 1 aliphatic rings. The third kappa shape index (κ3) is 6.27. The van der Waals surface area contributed by atoms with Crippen molar-refractivity contribution in [3.05, 3.63) is 103 Å². The smallest absolute Gasteiger partial charge is 0.271 e. The summed E-state index contributed by atoms with van der Waals surface area (Å²) in [5.41, 5.74) is 9.53. The minimum absolute atomic E-state index is 0.0600. The summed E-state index contributed by atoms with van der Waals surface area (Å²) in [5.74, 6) is 0.717. The summed E-state index contributed by atoms with van der Waals surface area (Å²) in [6, 6.07) is 15.0. The molecule has 3 aromatic carbocycles. The summed E-state index contributed by atoms with van der Waals surface area (Å²) in [4.78, 5) is 16.5. The molecule has 5 aromatic rings. The lowest BCUT2D eigenvalue weighted by Gasteiger charge is -2.21. The molecule has 0 atom stereocenters. The molecule has 10 heteroatoms. The van der Waals surface area contributed by atoms with Gasteiger partial charge in [0, 0.05) is 59.5 Å². The predicted octanol–water partition coefficient (Wildman–Crippen LogP) is 7.62. The lowest BCUT2D eigenvalue weighted by atomic mass is 9.98. The van der Waals surface area contributed by atoms with Crippen LogP contribution >= 0.6 is 23.2 Å². The Kier molecular flexibility index (Phi) is 9.40. The predicted molar refractivity (Wildman–Crippen MR) is 186 cm³/mol.